The number of carboxylic acids is 3. The fourth-order valence-corrected chi connectivity index (χ4v) is 4.53. The zero-order chi connectivity index (χ0) is 37.2. The summed E-state index contributed by atoms with van der Waals surface area (Å²) in [5.74, 6) is -3.80. The highest BCUT2D eigenvalue weighted by molar-refractivity contribution is 5.84. The number of ether oxygens (including phenoxy) is 4. The van der Waals surface area contributed by atoms with Crippen molar-refractivity contribution in [3.05, 3.63) is 0 Å². The fraction of sp³-hybridized carbons (Fsp3) is 0.818. The topological polar surface area (TPSA) is 248 Å². The van der Waals surface area contributed by atoms with Gasteiger partial charge >= 0.3 is 17.9 Å². The van der Waals surface area contributed by atoms with Crippen molar-refractivity contribution in [2.45, 2.75) is 102 Å². The molecule has 0 aromatic carbocycles. The van der Waals surface area contributed by atoms with Crippen LogP contribution in [0.25, 0.3) is 0 Å². The maximum atomic E-state index is 12.1. The lowest BCUT2D eigenvalue weighted by molar-refractivity contribution is -0.142. The van der Waals surface area contributed by atoms with E-state index in [0.717, 1.165) is 32.1 Å². The SMILES string of the molecule is CN[C@@H](CCCCNC(=O)CC[C@H](NC(=O)CCOCCOCCOCCOCCNC(=O)CCCCCCCCC(=O)O)C(=O)O)C(=O)O. The van der Waals surface area contributed by atoms with E-state index in [2.05, 4.69) is 21.3 Å². The molecule has 3 amide bonds. The summed E-state index contributed by atoms with van der Waals surface area (Å²) in [7, 11) is 1.57. The molecular weight excluding hydrogens is 660 g/mol. The number of hydrogen-bond donors (Lipinski definition) is 7. The molecule has 0 saturated heterocycles. The van der Waals surface area contributed by atoms with Crippen LogP contribution in [0.4, 0.5) is 0 Å². The van der Waals surface area contributed by atoms with Gasteiger partial charge in [-0.25, -0.2) is 4.79 Å². The Kier molecular flexibility index (Phi) is 30.6. The predicted molar refractivity (Wildman–Crippen MR) is 182 cm³/mol. The molecule has 0 aliphatic rings. The maximum absolute atomic E-state index is 12.1. The molecule has 0 aromatic heterocycles. The molecule has 0 fully saturated rings. The lowest BCUT2D eigenvalue weighted by Crippen LogP contribution is -2.42. The van der Waals surface area contributed by atoms with Gasteiger partial charge in [0, 0.05) is 38.8 Å². The summed E-state index contributed by atoms with van der Waals surface area (Å²) in [5.41, 5.74) is 0. The lowest BCUT2D eigenvalue weighted by Gasteiger charge is -2.15. The van der Waals surface area contributed by atoms with Gasteiger partial charge in [-0.2, -0.15) is 0 Å². The number of aliphatic carboxylic acids is 3. The van der Waals surface area contributed by atoms with E-state index >= 15 is 0 Å². The molecule has 0 heterocycles. The zero-order valence-electron chi connectivity index (χ0n) is 29.5. The standard InChI is InChI=1S/C33H60N4O13/c1-34-26(32(43)44)10-8-9-16-35-29(39)14-13-27(33(45)46)37-30(40)15-18-47-20-22-49-24-25-50-23-21-48-19-17-36-28(38)11-6-4-2-3-5-7-12-31(41)42/h26-27,34H,2-25H2,1H3,(H,35,39)(H,36,38)(H,37,40)(H,41,42)(H,43,44)(H,45,46)/t26-,27-/m0/s1. The van der Waals surface area contributed by atoms with E-state index in [9.17, 15) is 33.9 Å². The van der Waals surface area contributed by atoms with Crippen molar-refractivity contribution in [2.24, 2.45) is 0 Å². The van der Waals surface area contributed by atoms with E-state index < -0.39 is 35.9 Å². The number of amides is 3. The average molecular weight is 721 g/mol. The maximum Gasteiger partial charge on any atom is 0.326 e. The smallest absolute Gasteiger partial charge is 0.326 e. The number of unbranched alkanes of at least 4 members (excludes halogenated alkanes) is 6. The van der Waals surface area contributed by atoms with E-state index in [1.54, 1.807) is 7.05 Å². The quantitative estimate of drug-likeness (QED) is 0.0448. The van der Waals surface area contributed by atoms with E-state index in [4.69, 9.17) is 29.2 Å². The Hall–Kier alpha value is -3.38. The summed E-state index contributed by atoms with van der Waals surface area (Å²) >= 11 is 0. The van der Waals surface area contributed by atoms with Crippen LogP contribution in [0.1, 0.15) is 89.9 Å². The molecule has 0 radical (unpaired) electrons. The first-order chi connectivity index (χ1) is 24.1. The van der Waals surface area contributed by atoms with Crippen molar-refractivity contribution in [1.29, 1.82) is 0 Å². The van der Waals surface area contributed by atoms with Crippen LogP contribution in [0.15, 0.2) is 0 Å². The fourth-order valence-electron chi connectivity index (χ4n) is 4.53. The Morgan fingerprint density at radius 1 is 0.480 bits per heavy atom. The van der Waals surface area contributed by atoms with E-state index in [1.165, 1.54) is 0 Å². The first-order valence-corrected chi connectivity index (χ1v) is 17.5. The van der Waals surface area contributed by atoms with Crippen LogP contribution in [0.2, 0.25) is 0 Å². The van der Waals surface area contributed by atoms with Gasteiger partial charge in [-0.1, -0.05) is 25.7 Å². The summed E-state index contributed by atoms with van der Waals surface area (Å²) in [6.07, 6.45) is 7.44. The van der Waals surface area contributed by atoms with Crippen LogP contribution < -0.4 is 21.3 Å². The highest BCUT2D eigenvalue weighted by Gasteiger charge is 2.21. The molecule has 0 saturated carbocycles. The molecule has 0 bridgehead atoms. The predicted octanol–water partition coefficient (Wildman–Crippen LogP) is 1.07. The number of nitrogens with one attached hydrogen (secondary N) is 4. The largest absolute Gasteiger partial charge is 0.481 e. The van der Waals surface area contributed by atoms with Gasteiger partial charge in [0.25, 0.3) is 0 Å². The minimum Gasteiger partial charge on any atom is -0.481 e. The van der Waals surface area contributed by atoms with Gasteiger partial charge in [0.2, 0.25) is 17.7 Å². The first kappa shape index (κ1) is 46.6. The van der Waals surface area contributed by atoms with E-state index in [-0.39, 0.29) is 57.3 Å². The molecule has 0 spiro atoms. The summed E-state index contributed by atoms with van der Waals surface area (Å²) in [6.45, 7) is 3.23. The molecule has 2 atom stereocenters. The van der Waals surface area contributed by atoms with Gasteiger partial charge in [-0.05, 0) is 45.6 Å². The molecule has 0 unspecified atom stereocenters. The molecule has 0 aromatic rings. The molecular formula is C33H60N4O13. The normalized spacial score (nSPS) is 12.2. The summed E-state index contributed by atoms with van der Waals surface area (Å²) < 4.78 is 21.6. The minimum atomic E-state index is -1.24. The number of carbonyl (C=O) groups is 6. The van der Waals surface area contributed by atoms with Crippen LogP contribution >= 0.6 is 0 Å². The second-order valence-electron chi connectivity index (χ2n) is 11.6. The number of likely N-dealkylation sites (N-methyl/N-ethyl adjacent to an activating group) is 1. The molecule has 17 nitrogen and oxygen atoms in total. The third kappa shape index (κ3) is 30.7. The second kappa shape index (κ2) is 32.8. The average Bonchev–Trinajstić information content (AvgIpc) is 3.07. The lowest BCUT2D eigenvalue weighted by atomic mass is 10.1. The van der Waals surface area contributed by atoms with Crippen LogP contribution in [0.3, 0.4) is 0 Å². The van der Waals surface area contributed by atoms with Gasteiger partial charge in [0.1, 0.15) is 12.1 Å². The van der Waals surface area contributed by atoms with Crippen molar-refractivity contribution in [1.82, 2.24) is 21.3 Å². The first-order valence-electron chi connectivity index (χ1n) is 17.5. The van der Waals surface area contributed by atoms with Crippen molar-refractivity contribution in [2.75, 3.05) is 73.0 Å². The van der Waals surface area contributed by atoms with E-state index in [1.807, 2.05) is 0 Å². The van der Waals surface area contributed by atoms with Crippen LogP contribution in [-0.2, 0) is 47.7 Å². The Labute approximate surface area is 294 Å². The second-order valence-corrected chi connectivity index (χ2v) is 11.6. The van der Waals surface area contributed by atoms with Gasteiger partial charge in [0.15, 0.2) is 0 Å². The van der Waals surface area contributed by atoms with Gasteiger partial charge in [0.05, 0.1) is 52.9 Å². The Balaban J connectivity index is 3.62. The molecule has 0 aliphatic heterocycles. The van der Waals surface area contributed by atoms with Crippen LogP contribution in [-0.4, -0.2) is 136 Å². The molecule has 7 N–H and O–H groups in total. The number of rotatable bonds is 36. The Bertz CT molecular complexity index is 955. The third-order valence-electron chi connectivity index (χ3n) is 7.38. The monoisotopic (exact) mass is 720 g/mol. The van der Waals surface area contributed by atoms with Crippen molar-refractivity contribution >= 4 is 35.6 Å². The molecule has 0 rings (SSSR count). The Morgan fingerprint density at radius 3 is 1.54 bits per heavy atom. The minimum absolute atomic E-state index is 0.00872. The van der Waals surface area contributed by atoms with Crippen molar-refractivity contribution in [3.8, 4) is 0 Å². The zero-order valence-corrected chi connectivity index (χ0v) is 29.5. The van der Waals surface area contributed by atoms with Gasteiger partial charge in [-0.15, -0.1) is 0 Å². The summed E-state index contributed by atoms with van der Waals surface area (Å²) in [6, 6.07) is -1.85. The van der Waals surface area contributed by atoms with Gasteiger partial charge in [-0.3, -0.25) is 24.0 Å². The summed E-state index contributed by atoms with van der Waals surface area (Å²) in [4.78, 5) is 68.9. The number of hydrogen-bond acceptors (Lipinski definition) is 11. The molecule has 0 aliphatic carbocycles. The van der Waals surface area contributed by atoms with Crippen LogP contribution in [0, 0.1) is 0 Å². The highest BCUT2D eigenvalue weighted by atomic mass is 16.6. The van der Waals surface area contributed by atoms with Crippen molar-refractivity contribution < 1.29 is 63.0 Å². The molecule has 290 valence electrons. The van der Waals surface area contributed by atoms with Crippen molar-refractivity contribution in [3.63, 3.8) is 0 Å². The molecule has 50 heavy (non-hydrogen) atoms. The Morgan fingerprint density at radius 2 is 0.980 bits per heavy atom. The number of carbonyl (C=O) groups excluding carboxylic acids is 3. The van der Waals surface area contributed by atoms with Crippen LogP contribution in [0.5, 0.6) is 0 Å². The number of carboxylic acid groups (broad SMARTS) is 3. The summed E-state index contributed by atoms with van der Waals surface area (Å²) in [5, 5.41) is 37.6. The molecule has 17 heteroatoms. The highest BCUT2D eigenvalue weighted by Crippen LogP contribution is 2.08. The van der Waals surface area contributed by atoms with E-state index in [0.29, 0.717) is 78.2 Å². The third-order valence-corrected chi connectivity index (χ3v) is 7.38. The van der Waals surface area contributed by atoms with Gasteiger partial charge < -0.3 is 55.5 Å².